The molecule has 138 valence electrons. The molecule has 1 aromatic carbocycles. The van der Waals surface area contributed by atoms with Gasteiger partial charge in [-0.3, -0.25) is 4.79 Å². The number of piperidine rings is 1. The Morgan fingerprint density at radius 1 is 1.16 bits per heavy atom. The molecule has 4 heteroatoms. The van der Waals surface area contributed by atoms with Gasteiger partial charge in [-0.05, 0) is 74.6 Å². The van der Waals surface area contributed by atoms with Crippen molar-refractivity contribution in [2.45, 2.75) is 64.0 Å². The Kier molecular flexibility index (Phi) is 6.06. The van der Waals surface area contributed by atoms with Gasteiger partial charge in [0.1, 0.15) is 0 Å². The summed E-state index contributed by atoms with van der Waals surface area (Å²) in [6.07, 6.45) is 7.83. The summed E-state index contributed by atoms with van der Waals surface area (Å²) in [4.78, 5) is 15.5. The average Bonchev–Trinajstić information content (AvgIpc) is 3.36. The van der Waals surface area contributed by atoms with E-state index in [-0.39, 0.29) is 12.4 Å². The Balaban J connectivity index is 0.00000182. The molecule has 2 unspecified atom stereocenters. The Morgan fingerprint density at radius 3 is 2.60 bits per heavy atom. The van der Waals surface area contributed by atoms with Crippen molar-refractivity contribution in [3.05, 3.63) is 35.4 Å². The normalized spacial score (nSPS) is 24.3. The number of nitrogens with zero attached hydrogens (tertiary/aromatic N) is 1. The first kappa shape index (κ1) is 18.7. The van der Waals surface area contributed by atoms with Gasteiger partial charge in [-0.25, -0.2) is 0 Å². The summed E-state index contributed by atoms with van der Waals surface area (Å²) in [6, 6.07) is 9.58. The standard InChI is InChI=1S/C21H30N2O.ClH/c1-15(16-10-12-22-13-11-16)14-21(24)23(18-7-8-18)20-9-6-17-4-2-3-5-19(17)20;/h2-5,15-16,18,20,22H,6-14H2,1H3;1H. The molecule has 25 heavy (non-hydrogen) atoms. The maximum Gasteiger partial charge on any atom is 0.223 e. The predicted molar refractivity (Wildman–Crippen MR) is 104 cm³/mol. The lowest BCUT2D eigenvalue weighted by atomic mass is 9.83. The SMILES string of the molecule is CC(CC(=O)N(C1CC1)C1CCc2ccccc21)C1CCNCC1.Cl. The van der Waals surface area contributed by atoms with Gasteiger partial charge in [-0.1, -0.05) is 31.2 Å². The average molecular weight is 363 g/mol. The third-order valence-electron chi connectivity index (χ3n) is 6.35. The fourth-order valence-electron chi connectivity index (χ4n) is 4.77. The minimum Gasteiger partial charge on any atom is -0.333 e. The minimum atomic E-state index is 0. The highest BCUT2D eigenvalue weighted by Crippen LogP contribution is 2.42. The number of aryl methyl sites for hydroxylation is 1. The maximum atomic E-state index is 13.2. The van der Waals surface area contributed by atoms with Crippen LogP contribution in [0.3, 0.4) is 0 Å². The lowest BCUT2D eigenvalue weighted by Crippen LogP contribution is -2.38. The van der Waals surface area contributed by atoms with Gasteiger partial charge in [0.05, 0.1) is 6.04 Å². The zero-order valence-corrected chi connectivity index (χ0v) is 16.1. The first-order valence-corrected chi connectivity index (χ1v) is 9.83. The highest BCUT2D eigenvalue weighted by Gasteiger charge is 2.40. The van der Waals surface area contributed by atoms with Crippen LogP contribution in [0.15, 0.2) is 24.3 Å². The quantitative estimate of drug-likeness (QED) is 0.854. The van der Waals surface area contributed by atoms with Crippen LogP contribution < -0.4 is 5.32 Å². The van der Waals surface area contributed by atoms with Crippen molar-refractivity contribution in [2.24, 2.45) is 11.8 Å². The van der Waals surface area contributed by atoms with Gasteiger partial charge in [-0.2, -0.15) is 0 Å². The summed E-state index contributed by atoms with van der Waals surface area (Å²) in [5.41, 5.74) is 2.86. The third-order valence-corrected chi connectivity index (χ3v) is 6.35. The summed E-state index contributed by atoms with van der Waals surface area (Å²) < 4.78 is 0. The topological polar surface area (TPSA) is 32.3 Å². The highest BCUT2D eigenvalue weighted by atomic mass is 35.5. The Morgan fingerprint density at radius 2 is 1.88 bits per heavy atom. The van der Waals surface area contributed by atoms with Crippen LogP contribution in [-0.2, 0) is 11.2 Å². The second-order valence-corrected chi connectivity index (χ2v) is 8.05. The summed E-state index contributed by atoms with van der Waals surface area (Å²) in [7, 11) is 0. The van der Waals surface area contributed by atoms with Gasteiger partial charge < -0.3 is 10.2 Å². The van der Waals surface area contributed by atoms with Crippen LogP contribution in [0.4, 0.5) is 0 Å². The van der Waals surface area contributed by atoms with Gasteiger partial charge in [0.25, 0.3) is 0 Å². The van der Waals surface area contributed by atoms with Gasteiger partial charge in [0, 0.05) is 12.5 Å². The van der Waals surface area contributed by atoms with Crippen LogP contribution in [0.25, 0.3) is 0 Å². The molecule has 0 aromatic heterocycles. The highest BCUT2D eigenvalue weighted by molar-refractivity contribution is 5.85. The number of nitrogens with one attached hydrogen (secondary N) is 1. The zero-order chi connectivity index (χ0) is 16.5. The number of hydrogen-bond donors (Lipinski definition) is 1. The summed E-state index contributed by atoms with van der Waals surface area (Å²) in [5, 5.41) is 3.43. The molecule has 1 saturated carbocycles. The molecule has 0 bridgehead atoms. The molecule has 4 rings (SSSR count). The molecule has 3 aliphatic rings. The second kappa shape index (κ2) is 8.09. The van der Waals surface area contributed by atoms with E-state index in [1.807, 2.05) is 0 Å². The fourth-order valence-corrected chi connectivity index (χ4v) is 4.77. The van der Waals surface area contributed by atoms with Crippen molar-refractivity contribution in [1.82, 2.24) is 10.2 Å². The lowest BCUT2D eigenvalue weighted by Gasteiger charge is -2.33. The lowest BCUT2D eigenvalue weighted by molar-refractivity contribution is -0.135. The summed E-state index contributed by atoms with van der Waals surface area (Å²) in [5.74, 6) is 1.63. The van der Waals surface area contributed by atoms with Crippen molar-refractivity contribution in [3.63, 3.8) is 0 Å². The molecular formula is C21H31ClN2O. The van der Waals surface area contributed by atoms with Crippen LogP contribution in [0.1, 0.15) is 62.6 Å². The van der Waals surface area contributed by atoms with E-state index in [1.54, 1.807) is 0 Å². The van der Waals surface area contributed by atoms with Gasteiger partial charge in [-0.15, -0.1) is 12.4 Å². The molecule has 0 spiro atoms. The van der Waals surface area contributed by atoms with Crippen LogP contribution in [0, 0.1) is 11.8 Å². The van der Waals surface area contributed by atoms with Crippen molar-refractivity contribution in [1.29, 1.82) is 0 Å². The molecule has 2 atom stereocenters. The predicted octanol–water partition coefficient (Wildman–Crippen LogP) is 4.11. The molecule has 1 N–H and O–H groups in total. The number of rotatable bonds is 5. The third kappa shape index (κ3) is 4.03. The molecule has 1 saturated heterocycles. The maximum absolute atomic E-state index is 13.2. The van der Waals surface area contributed by atoms with Gasteiger partial charge >= 0.3 is 0 Å². The Hall–Kier alpha value is -1.06. The first-order valence-electron chi connectivity index (χ1n) is 9.83. The summed E-state index contributed by atoms with van der Waals surface area (Å²) in [6.45, 7) is 4.53. The molecule has 0 radical (unpaired) electrons. The zero-order valence-electron chi connectivity index (χ0n) is 15.2. The van der Waals surface area contributed by atoms with Gasteiger partial charge in [0.2, 0.25) is 5.91 Å². The number of fused-ring (bicyclic) bond motifs is 1. The van der Waals surface area contributed by atoms with E-state index in [2.05, 4.69) is 41.4 Å². The van der Waals surface area contributed by atoms with E-state index in [0.717, 1.165) is 32.4 Å². The molecule has 1 heterocycles. The molecule has 3 nitrogen and oxygen atoms in total. The van der Waals surface area contributed by atoms with Crippen molar-refractivity contribution < 1.29 is 4.79 Å². The van der Waals surface area contributed by atoms with Crippen LogP contribution in [0.2, 0.25) is 0 Å². The number of hydrogen-bond acceptors (Lipinski definition) is 2. The fraction of sp³-hybridized carbons (Fsp3) is 0.667. The number of carbonyl (C=O) groups excluding carboxylic acids is 1. The van der Waals surface area contributed by atoms with E-state index < -0.39 is 0 Å². The first-order chi connectivity index (χ1) is 11.7. The molecule has 1 aromatic rings. The minimum absolute atomic E-state index is 0. The van der Waals surface area contributed by atoms with E-state index in [9.17, 15) is 4.79 Å². The molecule has 2 aliphatic carbocycles. The Bertz CT molecular complexity index is 595. The van der Waals surface area contributed by atoms with Crippen molar-refractivity contribution in [2.75, 3.05) is 13.1 Å². The van der Waals surface area contributed by atoms with Crippen LogP contribution in [0.5, 0.6) is 0 Å². The molecular weight excluding hydrogens is 332 g/mol. The van der Waals surface area contributed by atoms with Crippen LogP contribution >= 0.6 is 12.4 Å². The number of benzene rings is 1. The van der Waals surface area contributed by atoms with Crippen molar-refractivity contribution >= 4 is 18.3 Å². The van der Waals surface area contributed by atoms with E-state index in [1.165, 1.54) is 36.8 Å². The van der Waals surface area contributed by atoms with Crippen LogP contribution in [-0.4, -0.2) is 29.9 Å². The molecule has 1 aliphatic heterocycles. The van der Waals surface area contributed by atoms with Crippen molar-refractivity contribution in [3.8, 4) is 0 Å². The summed E-state index contributed by atoms with van der Waals surface area (Å²) >= 11 is 0. The monoisotopic (exact) mass is 362 g/mol. The van der Waals surface area contributed by atoms with E-state index >= 15 is 0 Å². The largest absolute Gasteiger partial charge is 0.333 e. The number of halogens is 1. The molecule has 2 fully saturated rings. The number of amides is 1. The molecule has 1 amide bonds. The second-order valence-electron chi connectivity index (χ2n) is 8.05. The van der Waals surface area contributed by atoms with E-state index in [4.69, 9.17) is 0 Å². The smallest absolute Gasteiger partial charge is 0.223 e. The number of carbonyl (C=O) groups is 1. The van der Waals surface area contributed by atoms with Gasteiger partial charge in [0.15, 0.2) is 0 Å². The Labute approximate surface area is 158 Å². The van der Waals surface area contributed by atoms with E-state index in [0.29, 0.717) is 29.8 Å².